The van der Waals surface area contributed by atoms with Gasteiger partial charge in [0, 0.05) is 20.6 Å². The van der Waals surface area contributed by atoms with Crippen molar-refractivity contribution >= 4 is 55.2 Å². The number of H-pyrrole nitrogens is 2. The van der Waals surface area contributed by atoms with E-state index in [4.69, 9.17) is 4.98 Å². The smallest absolute Gasteiger partial charge is 0.137 e. The number of nitrogens with zero attached hydrogens (tertiary/aromatic N) is 3. The number of fused-ring (bicyclic) bond motifs is 3. The summed E-state index contributed by atoms with van der Waals surface area (Å²) < 4.78 is 1.02. The van der Waals surface area contributed by atoms with Crippen molar-refractivity contribution in [2.24, 2.45) is 0 Å². The maximum absolute atomic E-state index is 11.0. The lowest BCUT2D eigenvalue weighted by atomic mass is 9.86. The van der Waals surface area contributed by atoms with E-state index in [-0.39, 0.29) is 5.41 Å². The van der Waals surface area contributed by atoms with Gasteiger partial charge in [-0.3, -0.25) is 0 Å². The molecule has 0 bridgehead atoms. The van der Waals surface area contributed by atoms with Crippen LogP contribution < -0.4 is 10.7 Å². The van der Waals surface area contributed by atoms with Crippen LogP contribution in [0.5, 0.6) is 0 Å². The third-order valence-corrected chi connectivity index (χ3v) is 11.5. The number of allylic oxidation sites excluding steroid dienone is 2. The Kier molecular flexibility index (Phi) is 8.04. The highest BCUT2D eigenvalue weighted by Gasteiger charge is 2.25. The molecule has 7 aromatic rings. The van der Waals surface area contributed by atoms with Gasteiger partial charge in [-0.15, -0.1) is 11.3 Å². The number of thioether (sulfide) groups is 1. The Balaban J connectivity index is 1.52. The molecule has 0 unspecified atom stereocenters. The summed E-state index contributed by atoms with van der Waals surface area (Å²) in [5, 5.41) is 25.6. The molecule has 1 aliphatic rings. The highest BCUT2D eigenvalue weighted by Crippen LogP contribution is 2.39. The number of aromatic nitrogens is 3. The molecule has 7 heteroatoms. The minimum Gasteiger partial charge on any atom is -0.353 e. The van der Waals surface area contributed by atoms with Crippen molar-refractivity contribution in [2.75, 3.05) is 0 Å². The number of para-hydroxylation sites is 1. The van der Waals surface area contributed by atoms with E-state index in [1.807, 2.05) is 42.5 Å². The van der Waals surface area contributed by atoms with Crippen LogP contribution in [0.25, 0.3) is 54.7 Å². The number of hydrogen-bond donors (Lipinski definition) is 2. The average Bonchev–Trinajstić information content (AvgIpc) is 3.79. The van der Waals surface area contributed by atoms with Crippen LogP contribution in [0.4, 0.5) is 0 Å². The van der Waals surface area contributed by atoms with E-state index in [0.717, 1.165) is 66.6 Å². The summed E-state index contributed by atoms with van der Waals surface area (Å²) in [6.07, 6.45) is 3.95. The standard InChI is InChI=1S/C43H33N5S2/c1-43(2,3)29-22-20-28(21-23-29)39-37-36(40(47-39)30(24-44)34-19-11-15-26-12-7-9-17-33(26)49-34)38(27-13-5-4-6-14-27)48-41(37)31(25-45)42-46-32-16-8-10-18-35(32)50-42/h4-10,12-14,16-23,47-48H,11,15H2,1-3H3. The van der Waals surface area contributed by atoms with Crippen LogP contribution in [0.15, 0.2) is 119 Å². The van der Waals surface area contributed by atoms with E-state index < -0.39 is 0 Å². The van der Waals surface area contributed by atoms with Crippen molar-refractivity contribution in [2.45, 2.75) is 43.9 Å². The molecule has 0 aliphatic carbocycles. The normalized spacial score (nSPS) is 14.4. The van der Waals surface area contributed by atoms with Gasteiger partial charge in [0.2, 0.25) is 0 Å². The highest BCUT2D eigenvalue weighted by atomic mass is 32.2. The quantitative estimate of drug-likeness (QED) is 0.193. The third kappa shape index (κ3) is 5.55. The van der Waals surface area contributed by atoms with Crippen molar-refractivity contribution in [3.63, 3.8) is 0 Å². The van der Waals surface area contributed by atoms with Gasteiger partial charge in [0.15, 0.2) is 0 Å². The fourth-order valence-electron chi connectivity index (χ4n) is 6.71. The molecule has 50 heavy (non-hydrogen) atoms. The molecule has 0 fully saturated rings. The molecule has 0 saturated heterocycles. The second kappa shape index (κ2) is 12.7. The lowest BCUT2D eigenvalue weighted by molar-refractivity contribution is 0.590. The van der Waals surface area contributed by atoms with Gasteiger partial charge >= 0.3 is 0 Å². The van der Waals surface area contributed by atoms with E-state index in [2.05, 4.69) is 110 Å². The van der Waals surface area contributed by atoms with Crippen LogP contribution in [-0.4, -0.2) is 15.0 Å². The first kappa shape index (κ1) is 31.7. The molecular formula is C43H33N5S2. The van der Waals surface area contributed by atoms with Crippen LogP contribution in [0.1, 0.15) is 43.3 Å². The van der Waals surface area contributed by atoms with Crippen LogP contribution in [0, 0.1) is 22.7 Å². The molecule has 0 atom stereocenters. The zero-order valence-corrected chi connectivity index (χ0v) is 29.6. The predicted molar refractivity (Wildman–Crippen MR) is 207 cm³/mol. The molecule has 2 N–H and O–H groups in total. The van der Waals surface area contributed by atoms with Gasteiger partial charge in [-0.1, -0.05) is 124 Å². The summed E-state index contributed by atoms with van der Waals surface area (Å²) >= 11 is 3.16. The first-order chi connectivity index (χ1) is 24.3. The largest absolute Gasteiger partial charge is 0.353 e. The molecule has 8 rings (SSSR count). The molecule has 4 aromatic carbocycles. The van der Waals surface area contributed by atoms with E-state index in [1.165, 1.54) is 27.4 Å². The zero-order chi connectivity index (χ0) is 34.4. The zero-order valence-electron chi connectivity index (χ0n) is 28.0. The Labute approximate surface area is 299 Å². The molecule has 0 amide bonds. The first-order valence-electron chi connectivity index (χ1n) is 16.6. The topological polar surface area (TPSA) is 92.0 Å². The fourth-order valence-corrected chi connectivity index (χ4v) is 8.81. The summed E-state index contributed by atoms with van der Waals surface area (Å²) in [6, 6.07) is 40.3. The van der Waals surface area contributed by atoms with E-state index in [9.17, 15) is 10.5 Å². The van der Waals surface area contributed by atoms with E-state index in [1.54, 1.807) is 11.8 Å². The van der Waals surface area contributed by atoms with Gasteiger partial charge in [0.25, 0.3) is 0 Å². The molecule has 0 saturated carbocycles. The van der Waals surface area contributed by atoms with E-state index >= 15 is 0 Å². The minimum absolute atomic E-state index is 0.00961. The molecule has 0 radical (unpaired) electrons. The van der Waals surface area contributed by atoms with Gasteiger partial charge in [0.05, 0.1) is 37.9 Å². The maximum atomic E-state index is 11.0. The summed E-state index contributed by atoms with van der Waals surface area (Å²) in [4.78, 5) is 14.5. The monoisotopic (exact) mass is 683 g/mol. The van der Waals surface area contributed by atoms with Crippen LogP contribution in [-0.2, 0) is 11.8 Å². The summed E-state index contributed by atoms with van der Waals surface area (Å²) in [6.45, 7) is 6.62. The predicted octanol–water partition coefficient (Wildman–Crippen LogP) is 9.76. The lowest BCUT2D eigenvalue weighted by Crippen LogP contribution is -2.11. The maximum Gasteiger partial charge on any atom is 0.137 e. The number of benzene rings is 4. The average molecular weight is 684 g/mol. The van der Waals surface area contributed by atoms with Crippen molar-refractivity contribution < 1.29 is 0 Å². The Morgan fingerprint density at radius 1 is 0.720 bits per heavy atom. The molecule has 242 valence electrons. The van der Waals surface area contributed by atoms with Crippen molar-refractivity contribution in [1.29, 1.82) is 10.5 Å². The van der Waals surface area contributed by atoms with Gasteiger partial charge in [-0.05, 0) is 58.7 Å². The van der Waals surface area contributed by atoms with Gasteiger partial charge < -0.3 is 9.97 Å². The molecular weight excluding hydrogens is 651 g/mol. The number of nitrogens with one attached hydrogen (secondary N) is 2. The van der Waals surface area contributed by atoms with Gasteiger partial charge in [-0.2, -0.15) is 10.5 Å². The van der Waals surface area contributed by atoms with Crippen LogP contribution >= 0.6 is 23.1 Å². The number of rotatable bonds is 4. The van der Waals surface area contributed by atoms with Crippen LogP contribution in [0.2, 0.25) is 0 Å². The summed E-state index contributed by atoms with van der Waals surface area (Å²) in [7, 11) is 0. The van der Waals surface area contributed by atoms with Crippen molar-refractivity contribution in [1.82, 2.24) is 15.0 Å². The Bertz CT molecular complexity index is 2640. The SMILES string of the molecule is CC(C)(C)c1ccc(-c2[nH]c(=C(C#N)C3=CCCc4ccccc4S3)c3c(-c4ccccc4)[nH]c(=C(C#N)c4nc5ccccc5s4)c23)cc1. The summed E-state index contributed by atoms with van der Waals surface area (Å²) in [5.41, 5.74) is 8.04. The minimum atomic E-state index is -0.00961. The lowest BCUT2D eigenvalue weighted by Gasteiger charge is -2.19. The molecule has 0 spiro atoms. The number of hydrogen-bond acceptors (Lipinski definition) is 5. The number of aromatic amines is 2. The Morgan fingerprint density at radius 2 is 1.34 bits per heavy atom. The third-order valence-electron chi connectivity index (χ3n) is 9.27. The second-order valence-electron chi connectivity index (χ2n) is 13.5. The highest BCUT2D eigenvalue weighted by molar-refractivity contribution is 8.03. The van der Waals surface area contributed by atoms with Crippen molar-refractivity contribution in [3.05, 3.63) is 141 Å². The van der Waals surface area contributed by atoms with Crippen LogP contribution in [0.3, 0.4) is 0 Å². The molecule has 3 aromatic heterocycles. The van der Waals surface area contributed by atoms with Crippen molar-refractivity contribution in [3.8, 4) is 34.7 Å². The Morgan fingerprint density at radius 3 is 2.02 bits per heavy atom. The van der Waals surface area contributed by atoms with Gasteiger partial charge in [-0.25, -0.2) is 4.98 Å². The van der Waals surface area contributed by atoms with E-state index in [0.29, 0.717) is 21.5 Å². The second-order valence-corrected chi connectivity index (χ2v) is 15.6. The van der Waals surface area contributed by atoms with Gasteiger partial charge in [0.1, 0.15) is 22.7 Å². The first-order valence-corrected chi connectivity index (χ1v) is 18.3. The molecule has 1 aliphatic heterocycles. The summed E-state index contributed by atoms with van der Waals surface area (Å²) in [5.74, 6) is 0. The number of thiazole rings is 1. The molecule has 5 nitrogen and oxygen atoms in total. The number of nitriles is 2. The molecule has 4 heterocycles. The fraction of sp³-hybridized carbons (Fsp3) is 0.140. The number of aryl methyl sites for hydroxylation is 1. The Hall–Kier alpha value is -5.60.